The summed E-state index contributed by atoms with van der Waals surface area (Å²) in [6.07, 6.45) is -9.13. The monoisotopic (exact) mass is 418 g/mol. The van der Waals surface area contributed by atoms with Gasteiger partial charge in [-0.2, -0.15) is 17.6 Å². The zero-order chi connectivity index (χ0) is 21.3. The van der Waals surface area contributed by atoms with E-state index in [2.05, 4.69) is 4.74 Å². The summed E-state index contributed by atoms with van der Waals surface area (Å²) in [5.74, 6) is -5.46. The third kappa shape index (κ3) is 4.33. The molecule has 0 N–H and O–H groups in total. The summed E-state index contributed by atoms with van der Waals surface area (Å²) in [4.78, 5) is 0. The van der Waals surface area contributed by atoms with Gasteiger partial charge in [-0.25, -0.2) is 17.6 Å². The molecular weight excluding hydrogens is 408 g/mol. The van der Waals surface area contributed by atoms with Gasteiger partial charge in [0, 0.05) is 0 Å². The highest BCUT2D eigenvalue weighted by atomic mass is 19.3. The molecular formula is C20H10F8O. The van der Waals surface area contributed by atoms with Crippen LogP contribution in [0.3, 0.4) is 0 Å². The first-order chi connectivity index (χ1) is 13.6. The molecule has 0 heterocycles. The number of hydrogen-bond donors (Lipinski definition) is 0. The summed E-state index contributed by atoms with van der Waals surface area (Å²) in [6.45, 7) is 0. The molecule has 29 heavy (non-hydrogen) atoms. The highest BCUT2D eigenvalue weighted by Crippen LogP contribution is 2.35. The van der Waals surface area contributed by atoms with Crippen molar-refractivity contribution in [2.24, 2.45) is 0 Å². The van der Waals surface area contributed by atoms with Gasteiger partial charge in [0.2, 0.25) is 0 Å². The third-order valence-electron chi connectivity index (χ3n) is 3.94. The maximum atomic E-state index is 14.5. The zero-order valence-corrected chi connectivity index (χ0v) is 14.2. The van der Waals surface area contributed by atoms with Crippen LogP contribution in [0.4, 0.5) is 35.1 Å². The summed E-state index contributed by atoms with van der Waals surface area (Å²) in [6, 6.07) is 8.56. The number of rotatable bonds is 5. The van der Waals surface area contributed by atoms with Gasteiger partial charge in [-0.3, -0.25) is 0 Å². The summed E-state index contributed by atoms with van der Waals surface area (Å²) >= 11 is 0. The molecule has 0 fully saturated rings. The van der Waals surface area contributed by atoms with Crippen molar-refractivity contribution in [3.8, 4) is 28.0 Å². The van der Waals surface area contributed by atoms with E-state index in [0.29, 0.717) is 17.7 Å². The van der Waals surface area contributed by atoms with E-state index in [1.54, 1.807) is 0 Å². The predicted octanol–water partition coefficient (Wildman–Crippen LogP) is 6.81. The van der Waals surface area contributed by atoms with Crippen LogP contribution in [-0.4, -0.2) is 12.5 Å². The molecule has 9 heteroatoms. The Balaban J connectivity index is 1.96. The molecule has 0 spiro atoms. The predicted molar refractivity (Wildman–Crippen MR) is 88.7 cm³/mol. The average Bonchev–Trinajstić information content (AvgIpc) is 2.63. The lowest BCUT2D eigenvalue weighted by Crippen LogP contribution is -2.33. The molecule has 0 unspecified atom stereocenters. The van der Waals surface area contributed by atoms with Gasteiger partial charge < -0.3 is 4.74 Å². The van der Waals surface area contributed by atoms with Crippen LogP contribution in [0, 0.1) is 23.3 Å². The Morgan fingerprint density at radius 3 is 1.69 bits per heavy atom. The highest BCUT2D eigenvalue weighted by molar-refractivity contribution is 5.72. The molecule has 3 aromatic carbocycles. The second-order valence-electron chi connectivity index (χ2n) is 5.93. The van der Waals surface area contributed by atoms with Gasteiger partial charge in [0.15, 0.2) is 11.6 Å². The smallest absolute Gasteiger partial charge is 0.425 e. The van der Waals surface area contributed by atoms with Crippen molar-refractivity contribution in [2.45, 2.75) is 12.5 Å². The second kappa shape index (κ2) is 7.73. The van der Waals surface area contributed by atoms with Crippen LogP contribution in [0.15, 0.2) is 54.6 Å². The van der Waals surface area contributed by atoms with Crippen molar-refractivity contribution < 1.29 is 39.9 Å². The number of ether oxygens (including phenoxy) is 1. The van der Waals surface area contributed by atoms with Crippen LogP contribution in [0.5, 0.6) is 5.75 Å². The van der Waals surface area contributed by atoms with E-state index in [9.17, 15) is 35.1 Å². The molecule has 0 saturated heterocycles. The Morgan fingerprint density at radius 2 is 1.17 bits per heavy atom. The van der Waals surface area contributed by atoms with Crippen LogP contribution in [0.2, 0.25) is 0 Å². The van der Waals surface area contributed by atoms with E-state index >= 15 is 0 Å². The minimum Gasteiger partial charge on any atom is -0.425 e. The summed E-state index contributed by atoms with van der Waals surface area (Å²) in [5.41, 5.74) is -0.626. The first-order valence-electron chi connectivity index (χ1n) is 7.98. The Labute approximate surface area is 159 Å². The van der Waals surface area contributed by atoms with Crippen LogP contribution < -0.4 is 4.74 Å². The molecule has 0 radical (unpaired) electrons. The van der Waals surface area contributed by atoms with E-state index in [1.807, 2.05) is 0 Å². The molecule has 3 aromatic rings. The van der Waals surface area contributed by atoms with Gasteiger partial charge in [-0.05, 0) is 53.1 Å². The molecule has 0 saturated carbocycles. The van der Waals surface area contributed by atoms with E-state index in [1.165, 1.54) is 12.1 Å². The Bertz CT molecular complexity index is 1010. The molecule has 3 rings (SSSR count). The zero-order valence-electron chi connectivity index (χ0n) is 14.2. The quantitative estimate of drug-likeness (QED) is 0.414. The summed E-state index contributed by atoms with van der Waals surface area (Å²) in [7, 11) is 0. The Morgan fingerprint density at radius 1 is 0.655 bits per heavy atom. The van der Waals surface area contributed by atoms with E-state index in [-0.39, 0.29) is 11.1 Å². The fourth-order valence-electron chi connectivity index (χ4n) is 2.59. The number of alkyl halides is 4. The Kier molecular flexibility index (Phi) is 5.50. The first-order valence-corrected chi connectivity index (χ1v) is 7.98. The highest BCUT2D eigenvalue weighted by Gasteiger charge is 2.44. The van der Waals surface area contributed by atoms with Crippen molar-refractivity contribution in [1.29, 1.82) is 0 Å². The van der Waals surface area contributed by atoms with E-state index in [4.69, 9.17) is 0 Å². The molecule has 0 bridgehead atoms. The van der Waals surface area contributed by atoms with Gasteiger partial charge in [-0.1, -0.05) is 18.2 Å². The molecule has 0 amide bonds. The van der Waals surface area contributed by atoms with Gasteiger partial charge in [0.1, 0.15) is 17.5 Å². The van der Waals surface area contributed by atoms with Crippen molar-refractivity contribution in [2.75, 3.05) is 0 Å². The van der Waals surface area contributed by atoms with E-state index < -0.39 is 47.1 Å². The van der Waals surface area contributed by atoms with E-state index in [0.717, 1.165) is 30.3 Å². The lowest BCUT2D eigenvalue weighted by Gasteiger charge is -2.17. The maximum Gasteiger partial charge on any atom is 0.461 e. The van der Waals surface area contributed by atoms with Crippen molar-refractivity contribution in [1.82, 2.24) is 0 Å². The fraction of sp³-hybridized carbons (Fsp3) is 0.100. The standard InChI is InChI=1S/C20H10F8O/c21-13-4-1-10(2-5-13)12-8-15(23)18(16(24)9-12)11-3-6-17(14(22)7-11)29-20(27,28)19(25)26/h1-9,19H. The second-order valence-corrected chi connectivity index (χ2v) is 5.93. The summed E-state index contributed by atoms with van der Waals surface area (Å²) in [5, 5.41) is 0. The summed E-state index contributed by atoms with van der Waals surface area (Å²) < 4.78 is 110. The van der Waals surface area contributed by atoms with Crippen molar-refractivity contribution >= 4 is 0 Å². The molecule has 0 atom stereocenters. The number of halogens is 8. The van der Waals surface area contributed by atoms with Crippen LogP contribution in [-0.2, 0) is 0 Å². The maximum absolute atomic E-state index is 14.5. The average molecular weight is 418 g/mol. The fourth-order valence-corrected chi connectivity index (χ4v) is 2.59. The molecule has 0 aliphatic heterocycles. The van der Waals surface area contributed by atoms with Gasteiger partial charge in [0.05, 0.1) is 5.56 Å². The lowest BCUT2D eigenvalue weighted by atomic mass is 9.98. The number of hydrogen-bond acceptors (Lipinski definition) is 1. The molecule has 152 valence electrons. The lowest BCUT2D eigenvalue weighted by molar-refractivity contribution is -0.254. The van der Waals surface area contributed by atoms with Gasteiger partial charge in [0.25, 0.3) is 0 Å². The van der Waals surface area contributed by atoms with Crippen molar-refractivity contribution in [3.05, 3.63) is 77.9 Å². The normalized spacial score (nSPS) is 11.8. The topological polar surface area (TPSA) is 9.23 Å². The van der Waals surface area contributed by atoms with Crippen LogP contribution in [0.1, 0.15) is 0 Å². The molecule has 0 aliphatic carbocycles. The third-order valence-corrected chi connectivity index (χ3v) is 3.94. The number of benzene rings is 3. The van der Waals surface area contributed by atoms with Crippen molar-refractivity contribution in [3.63, 3.8) is 0 Å². The van der Waals surface area contributed by atoms with Crippen LogP contribution >= 0.6 is 0 Å². The molecule has 0 aromatic heterocycles. The largest absolute Gasteiger partial charge is 0.461 e. The molecule has 0 aliphatic rings. The minimum atomic E-state index is -4.93. The minimum absolute atomic E-state index is 0.0840. The van der Waals surface area contributed by atoms with Gasteiger partial charge in [-0.15, -0.1) is 0 Å². The SMILES string of the molecule is Fc1ccc(-c2cc(F)c(-c3ccc(OC(F)(F)C(F)F)c(F)c3)c(F)c2)cc1. The van der Waals surface area contributed by atoms with Crippen LogP contribution in [0.25, 0.3) is 22.3 Å². The Hall–Kier alpha value is -3.10. The molecule has 1 nitrogen and oxygen atoms in total. The van der Waals surface area contributed by atoms with Gasteiger partial charge >= 0.3 is 12.5 Å². The first kappa shape index (κ1) is 20.6.